The Morgan fingerprint density at radius 1 is 0.972 bits per heavy atom. The lowest BCUT2D eigenvalue weighted by atomic mass is 9.69. The number of Topliss-reactive ketones (excluding diaryl/α,β-unsaturated/α-hetero) is 2. The molecule has 3 aliphatic carbocycles. The number of carbonyl (C=O) groups is 2. The lowest BCUT2D eigenvalue weighted by Gasteiger charge is -2.40. The zero-order chi connectivity index (χ0) is 25.6. The lowest BCUT2D eigenvalue weighted by Crippen LogP contribution is -2.60. The van der Waals surface area contributed by atoms with E-state index in [4.69, 9.17) is 9.47 Å². The van der Waals surface area contributed by atoms with Gasteiger partial charge in [0.15, 0.2) is 11.6 Å². The van der Waals surface area contributed by atoms with Crippen LogP contribution in [0.1, 0.15) is 59.2 Å². The van der Waals surface area contributed by atoms with Gasteiger partial charge in [-0.15, -0.1) is 0 Å². The first-order valence-corrected chi connectivity index (χ1v) is 12.6. The molecule has 1 heterocycles. The highest BCUT2D eigenvalue weighted by Crippen LogP contribution is 2.43. The zero-order valence-electron chi connectivity index (χ0n) is 19.8. The molecule has 7 atom stereocenters. The highest BCUT2D eigenvalue weighted by molar-refractivity contribution is 6.19. The van der Waals surface area contributed by atoms with Crippen molar-refractivity contribution in [3.05, 3.63) is 52.8 Å². The summed E-state index contributed by atoms with van der Waals surface area (Å²) < 4.78 is 11.1. The maximum atomic E-state index is 13.6. The Kier molecular flexibility index (Phi) is 7.02. The Balaban J connectivity index is 1.43. The van der Waals surface area contributed by atoms with E-state index in [0.29, 0.717) is 5.92 Å². The van der Waals surface area contributed by atoms with Gasteiger partial charge in [0.2, 0.25) is 6.29 Å². The molecular formula is C27H32O9. The van der Waals surface area contributed by atoms with Crippen LogP contribution < -0.4 is 4.74 Å². The number of hydrogen-bond donors (Lipinski definition) is 5. The van der Waals surface area contributed by atoms with Crippen LogP contribution in [0.25, 0.3) is 0 Å². The van der Waals surface area contributed by atoms with Crippen molar-refractivity contribution in [2.24, 2.45) is 17.8 Å². The van der Waals surface area contributed by atoms with Crippen LogP contribution in [0.5, 0.6) is 5.75 Å². The third-order valence-electron chi connectivity index (χ3n) is 7.87. The van der Waals surface area contributed by atoms with Crippen molar-refractivity contribution in [3.63, 3.8) is 0 Å². The van der Waals surface area contributed by atoms with E-state index in [2.05, 4.69) is 0 Å². The van der Waals surface area contributed by atoms with E-state index in [1.165, 1.54) is 37.5 Å². The van der Waals surface area contributed by atoms with E-state index < -0.39 is 54.9 Å². The van der Waals surface area contributed by atoms with Gasteiger partial charge in [-0.1, -0.05) is 50.3 Å². The van der Waals surface area contributed by atoms with Crippen LogP contribution in [-0.2, 0) is 4.74 Å². The third kappa shape index (κ3) is 4.39. The van der Waals surface area contributed by atoms with Crippen LogP contribution in [0.15, 0.2) is 41.7 Å². The molecule has 0 radical (unpaired) electrons. The first-order valence-electron chi connectivity index (χ1n) is 12.6. The summed E-state index contributed by atoms with van der Waals surface area (Å²) >= 11 is 0. The number of benzene rings is 1. The molecule has 1 saturated carbocycles. The van der Waals surface area contributed by atoms with E-state index in [1.54, 1.807) is 6.08 Å². The fraction of sp³-hybridized carbons (Fsp3) is 0.556. The summed E-state index contributed by atoms with van der Waals surface area (Å²) in [5.74, 6) is -2.38. The van der Waals surface area contributed by atoms with Gasteiger partial charge in [0.25, 0.3) is 0 Å². The van der Waals surface area contributed by atoms with Crippen LogP contribution >= 0.6 is 0 Å². The Morgan fingerprint density at radius 3 is 2.44 bits per heavy atom. The summed E-state index contributed by atoms with van der Waals surface area (Å²) in [5.41, 5.74) is 0.982. The first-order chi connectivity index (χ1) is 17.3. The molecule has 5 rings (SSSR count). The summed E-state index contributed by atoms with van der Waals surface area (Å²) in [6.45, 7) is -0.632. The van der Waals surface area contributed by atoms with Crippen LogP contribution in [-0.4, -0.2) is 74.4 Å². The number of rotatable bonds is 5. The predicted molar refractivity (Wildman–Crippen MR) is 126 cm³/mol. The van der Waals surface area contributed by atoms with E-state index in [1.807, 2.05) is 6.08 Å². The molecule has 4 aliphatic rings. The number of aliphatic hydroxyl groups is 5. The van der Waals surface area contributed by atoms with Gasteiger partial charge in [0, 0.05) is 5.56 Å². The standard InChI is InChI=1S/C27H32O9/c28-12-19-23(31)25(33)26(34)27(36-19)35-18-8-4-7-15-21(18)24(32)20-16(22(15)30)10-14(11-17(20)29)9-13-5-2-1-3-6-13/h4,7-8,10-11,13,16,19-20,23,25-29,31,33-34H,1-3,5-6,9,12H2/t16-,19+,20-,23+,25-,26+,27+/m0/s1. The molecule has 2 fully saturated rings. The second-order valence-electron chi connectivity index (χ2n) is 10.2. The Labute approximate surface area is 208 Å². The van der Waals surface area contributed by atoms with Crippen molar-refractivity contribution >= 4 is 11.6 Å². The smallest absolute Gasteiger partial charge is 0.229 e. The molecule has 0 unspecified atom stereocenters. The predicted octanol–water partition coefficient (Wildman–Crippen LogP) is 1.83. The number of aliphatic hydroxyl groups excluding tert-OH is 5. The fourth-order valence-electron chi connectivity index (χ4n) is 5.93. The topological polar surface area (TPSA) is 154 Å². The Bertz CT molecular complexity index is 1080. The zero-order valence-corrected chi connectivity index (χ0v) is 19.8. The molecule has 194 valence electrons. The second kappa shape index (κ2) is 10.1. The third-order valence-corrected chi connectivity index (χ3v) is 7.87. The van der Waals surface area contributed by atoms with Gasteiger partial charge in [-0.05, 0) is 30.1 Å². The van der Waals surface area contributed by atoms with Crippen molar-refractivity contribution < 1.29 is 44.6 Å². The van der Waals surface area contributed by atoms with Crippen molar-refractivity contribution in [1.29, 1.82) is 0 Å². The number of carbonyl (C=O) groups excluding carboxylic acids is 2. The van der Waals surface area contributed by atoms with Gasteiger partial charge >= 0.3 is 0 Å². The largest absolute Gasteiger partial charge is 0.511 e. The average molecular weight is 501 g/mol. The highest BCUT2D eigenvalue weighted by atomic mass is 16.7. The Morgan fingerprint density at radius 2 is 1.72 bits per heavy atom. The minimum Gasteiger partial charge on any atom is -0.511 e. The monoisotopic (exact) mass is 500 g/mol. The number of hydrogen-bond acceptors (Lipinski definition) is 9. The highest BCUT2D eigenvalue weighted by Gasteiger charge is 2.48. The van der Waals surface area contributed by atoms with E-state index >= 15 is 0 Å². The van der Waals surface area contributed by atoms with Crippen molar-refractivity contribution in [1.82, 2.24) is 0 Å². The van der Waals surface area contributed by atoms with Crippen LogP contribution in [0.3, 0.4) is 0 Å². The quantitative estimate of drug-likeness (QED) is 0.407. The summed E-state index contributed by atoms with van der Waals surface area (Å²) in [6, 6.07) is 4.49. The van der Waals surface area contributed by atoms with Crippen molar-refractivity contribution in [2.75, 3.05) is 6.61 Å². The molecule has 9 heteroatoms. The minimum atomic E-state index is -1.67. The summed E-state index contributed by atoms with van der Waals surface area (Å²) in [4.78, 5) is 27.1. The van der Waals surface area contributed by atoms with Crippen LogP contribution in [0.4, 0.5) is 0 Å². The molecule has 1 saturated heterocycles. The fourth-order valence-corrected chi connectivity index (χ4v) is 5.93. The SMILES string of the molecule is O=C1c2c(O[C@@H]3O[C@H](CO)[C@@H](O)[C@H](O)[C@H]3O)cccc2C(=O)[C@H]2C=C(CC3CCCCC3)C=C(O)[C@@H]12. The van der Waals surface area contributed by atoms with Crippen LogP contribution in [0.2, 0.25) is 0 Å². The maximum absolute atomic E-state index is 13.6. The summed E-state index contributed by atoms with van der Waals surface area (Å²) in [6.07, 6.45) is 2.44. The minimum absolute atomic E-state index is 0.0372. The number of fused-ring (bicyclic) bond motifs is 2. The molecule has 9 nitrogen and oxygen atoms in total. The van der Waals surface area contributed by atoms with Gasteiger partial charge in [0.1, 0.15) is 35.9 Å². The molecule has 0 amide bonds. The molecule has 1 aromatic rings. The number of allylic oxidation sites excluding steroid dienone is 4. The number of ketones is 2. The van der Waals surface area contributed by atoms with Crippen molar-refractivity contribution in [3.8, 4) is 5.75 Å². The van der Waals surface area contributed by atoms with Crippen LogP contribution in [0, 0.1) is 17.8 Å². The van der Waals surface area contributed by atoms with Crippen molar-refractivity contribution in [2.45, 2.75) is 69.2 Å². The van der Waals surface area contributed by atoms with E-state index in [-0.39, 0.29) is 28.4 Å². The molecule has 0 bridgehead atoms. The van der Waals surface area contributed by atoms with Gasteiger partial charge in [-0.25, -0.2) is 0 Å². The molecule has 0 spiro atoms. The Hall–Kier alpha value is -2.56. The maximum Gasteiger partial charge on any atom is 0.229 e. The second-order valence-corrected chi connectivity index (χ2v) is 10.2. The van der Waals surface area contributed by atoms with Gasteiger partial charge in [-0.2, -0.15) is 0 Å². The van der Waals surface area contributed by atoms with E-state index in [9.17, 15) is 35.1 Å². The lowest BCUT2D eigenvalue weighted by molar-refractivity contribution is -0.277. The summed E-state index contributed by atoms with van der Waals surface area (Å²) in [7, 11) is 0. The van der Waals surface area contributed by atoms with Gasteiger partial charge in [0.05, 0.1) is 24.0 Å². The van der Waals surface area contributed by atoms with Gasteiger partial charge < -0.3 is 35.0 Å². The molecule has 0 aromatic heterocycles. The van der Waals surface area contributed by atoms with Gasteiger partial charge in [-0.3, -0.25) is 9.59 Å². The normalized spacial score (nSPS) is 34.9. The first kappa shape index (κ1) is 25.1. The van der Waals surface area contributed by atoms with E-state index in [0.717, 1.165) is 24.8 Å². The summed E-state index contributed by atoms with van der Waals surface area (Å²) in [5, 5.41) is 50.7. The number of ether oxygens (including phenoxy) is 2. The molecular weight excluding hydrogens is 468 g/mol. The average Bonchev–Trinajstić information content (AvgIpc) is 2.87. The molecule has 5 N–H and O–H groups in total. The molecule has 36 heavy (non-hydrogen) atoms. The molecule has 1 aromatic carbocycles. The molecule has 1 aliphatic heterocycles.